The van der Waals surface area contributed by atoms with Gasteiger partial charge in [0.2, 0.25) is 0 Å². The number of hydrogen-bond donors (Lipinski definition) is 2. The fraction of sp³-hybridized carbons (Fsp3) is 0.529. The van der Waals surface area contributed by atoms with Crippen molar-refractivity contribution >= 4 is 17.4 Å². The van der Waals surface area contributed by atoms with Gasteiger partial charge >= 0.3 is 6.03 Å². The Morgan fingerprint density at radius 1 is 1.43 bits per heavy atom. The van der Waals surface area contributed by atoms with E-state index in [-0.39, 0.29) is 18.1 Å². The average Bonchev–Trinajstić information content (AvgIpc) is 3.27. The zero-order valence-electron chi connectivity index (χ0n) is 13.4. The van der Waals surface area contributed by atoms with Crippen LogP contribution >= 0.6 is 11.3 Å². The third-order valence-electron chi connectivity index (χ3n) is 4.43. The van der Waals surface area contributed by atoms with Crippen LogP contribution < -0.4 is 10.6 Å². The van der Waals surface area contributed by atoms with Crippen LogP contribution in [0.5, 0.6) is 0 Å². The summed E-state index contributed by atoms with van der Waals surface area (Å²) in [6, 6.07) is 4.30. The highest BCUT2D eigenvalue weighted by atomic mass is 32.1. The Morgan fingerprint density at radius 2 is 2.26 bits per heavy atom. The van der Waals surface area contributed by atoms with Gasteiger partial charge in [-0.3, -0.25) is 0 Å². The third-order valence-corrected chi connectivity index (χ3v) is 5.38. The maximum absolute atomic E-state index is 12.4. The zero-order chi connectivity index (χ0) is 16.1. The molecule has 0 saturated heterocycles. The summed E-state index contributed by atoms with van der Waals surface area (Å²) in [4.78, 5) is 17.7. The van der Waals surface area contributed by atoms with Gasteiger partial charge in [-0.1, -0.05) is 18.9 Å². The minimum atomic E-state index is -0.0806. The fourth-order valence-electron chi connectivity index (χ4n) is 3.34. The highest BCUT2D eigenvalue weighted by Crippen LogP contribution is 2.37. The van der Waals surface area contributed by atoms with Crippen LogP contribution in [0.4, 0.5) is 4.79 Å². The Bertz CT molecular complexity index is 590. The van der Waals surface area contributed by atoms with Gasteiger partial charge in [0.1, 0.15) is 0 Å². The second kappa shape index (κ2) is 7.64. The maximum atomic E-state index is 12.4. The molecule has 124 valence electrons. The summed E-state index contributed by atoms with van der Waals surface area (Å²) in [6.45, 7) is 2.73. The summed E-state index contributed by atoms with van der Waals surface area (Å²) in [5.74, 6) is 0.559. The van der Waals surface area contributed by atoms with Gasteiger partial charge in [-0.05, 0) is 37.1 Å². The molecule has 2 heterocycles. The second-order valence-electron chi connectivity index (χ2n) is 6.32. The van der Waals surface area contributed by atoms with Crippen molar-refractivity contribution in [3.8, 4) is 0 Å². The molecule has 1 saturated carbocycles. The van der Waals surface area contributed by atoms with Crippen LogP contribution in [0, 0.1) is 5.92 Å². The number of amides is 2. The first-order chi connectivity index (χ1) is 11.2. The molecule has 1 aliphatic rings. The highest BCUT2D eigenvalue weighted by molar-refractivity contribution is 7.10. The molecule has 0 radical (unpaired) electrons. The number of rotatable bonds is 6. The number of carbonyl (C=O) groups excluding carboxylic acids is 1. The molecule has 2 aromatic rings. The average molecular weight is 332 g/mol. The van der Waals surface area contributed by atoms with Crippen molar-refractivity contribution < 1.29 is 4.79 Å². The van der Waals surface area contributed by atoms with Crippen LogP contribution in [0.3, 0.4) is 0 Å². The summed E-state index contributed by atoms with van der Waals surface area (Å²) in [5, 5.41) is 8.33. The fourth-order valence-corrected chi connectivity index (χ4v) is 4.21. The minimum Gasteiger partial charge on any atom is -0.335 e. The van der Waals surface area contributed by atoms with Crippen molar-refractivity contribution in [2.24, 2.45) is 5.92 Å². The topological polar surface area (TPSA) is 59.0 Å². The second-order valence-corrected chi connectivity index (χ2v) is 7.30. The molecule has 0 aliphatic heterocycles. The standard InChI is InChI=1S/C17H24N4OS/c1-13(11-21-9-8-18-12-21)19-17(22)20-16(14-5-2-3-6-14)15-7-4-10-23-15/h4,7-10,12-14,16H,2-3,5-6,11H2,1H3,(H2,19,20,22). The summed E-state index contributed by atoms with van der Waals surface area (Å²) < 4.78 is 1.97. The van der Waals surface area contributed by atoms with Crippen LogP contribution in [0.25, 0.3) is 0 Å². The summed E-state index contributed by atoms with van der Waals surface area (Å²) >= 11 is 1.73. The lowest BCUT2D eigenvalue weighted by Crippen LogP contribution is -2.45. The van der Waals surface area contributed by atoms with Gasteiger partial charge in [0.15, 0.2) is 0 Å². The predicted molar refractivity (Wildman–Crippen MR) is 92.4 cm³/mol. The Kier molecular flexibility index (Phi) is 5.33. The first-order valence-corrected chi connectivity index (χ1v) is 9.16. The summed E-state index contributed by atoms with van der Waals surface area (Å²) in [6.07, 6.45) is 10.4. The number of nitrogens with one attached hydrogen (secondary N) is 2. The van der Waals surface area contributed by atoms with Gasteiger partial charge in [0.05, 0.1) is 12.4 Å². The molecule has 2 aromatic heterocycles. The molecule has 1 fully saturated rings. The molecule has 1 aliphatic carbocycles. The molecule has 5 nitrogen and oxygen atoms in total. The van der Waals surface area contributed by atoms with E-state index in [2.05, 4.69) is 33.1 Å². The number of carbonyl (C=O) groups is 1. The molecule has 2 atom stereocenters. The van der Waals surface area contributed by atoms with Crippen molar-refractivity contribution in [2.75, 3.05) is 0 Å². The van der Waals surface area contributed by atoms with Crippen molar-refractivity contribution in [3.63, 3.8) is 0 Å². The quantitative estimate of drug-likeness (QED) is 0.849. The van der Waals surface area contributed by atoms with Crippen LogP contribution in [-0.2, 0) is 6.54 Å². The van der Waals surface area contributed by atoms with Crippen LogP contribution in [0.2, 0.25) is 0 Å². The largest absolute Gasteiger partial charge is 0.335 e. The van der Waals surface area contributed by atoms with Crippen molar-refractivity contribution in [1.82, 2.24) is 20.2 Å². The smallest absolute Gasteiger partial charge is 0.315 e. The summed E-state index contributed by atoms with van der Waals surface area (Å²) in [7, 11) is 0. The monoisotopic (exact) mass is 332 g/mol. The number of thiophene rings is 1. The normalized spacial score (nSPS) is 17.8. The molecule has 2 N–H and O–H groups in total. The molecule has 0 bridgehead atoms. The predicted octanol–water partition coefficient (Wildman–Crippen LogP) is 3.56. The van der Waals surface area contributed by atoms with E-state index in [1.807, 2.05) is 17.7 Å². The molecule has 0 aromatic carbocycles. The Hall–Kier alpha value is -1.82. The van der Waals surface area contributed by atoms with Crippen LogP contribution in [-0.4, -0.2) is 21.6 Å². The molecule has 6 heteroatoms. The van der Waals surface area contributed by atoms with E-state index in [0.29, 0.717) is 5.92 Å². The van der Waals surface area contributed by atoms with E-state index < -0.39 is 0 Å². The molecule has 23 heavy (non-hydrogen) atoms. The van der Waals surface area contributed by atoms with Crippen molar-refractivity contribution in [3.05, 3.63) is 41.1 Å². The molecule has 2 unspecified atom stereocenters. The van der Waals surface area contributed by atoms with Gasteiger partial charge in [-0.25, -0.2) is 9.78 Å². The van der Waals surface area contributed by atoms with E-state index in [0.717, 1.165) is 6.54 Å². The van der Waals surface area contributed by atoms with Crippen LogP contribution in [0.15, 0.2) is 36.2 Å². The molecule has 0 spiro atoms. The Morgan fingerprint density at radius 3 is 2.91 bits per heavy atom. The highest BCUT2D eigenvalue weighted by Gasteiger charge is 2.28. The SMILES string of the molecule is CC(Cn1ccnc1)NC(=O)NC(c1cccs1)C1CCCC1. The van der Waals surface area contributed by atoms with Gasteiger partial charge in [0.25, 0.3) is 0 Å². The van der Waals surface area contributed by atoms with Crippen molar-refractivity contribution in [2.45, 2.75) is 51.2 Å². The molecule has 2 amide bonds. The van der Waals surface area contributed by atoms with Gasteiger partial charge in [-0.2, -0.15) is 0 Å². The Balaban J connectivity index is 1.57. The number of hydrogen-bond acceptors (Lipinski definition) is 3. The first-order valence-electron chi connectivity index (χ1n) is 8.28. The first kappa shape index (κ1) is 16.1. The number of nitrogens with zero attached hydrogens (tertiary/aromatic N) is 2. The number of aromatic nitrogens is 2. The van der Waals surface area contributed by atoms with Crippen molar-refractivity contribution in [1.29, 1.82) is 0 Å². The lowest BCUT2D eigenvalue weighted by molar-refractivity contribution is 0.227. The maximum Gasteiger partial charge on any atom is 0.315 e. The lowest BCUT2D eigenvalue weighted by Gasteiger charge is -2.25. The van der Waals surface area contributed by atoms with Gasteiger partial charge in [0, 0.05) is 29.9 Å². The van der Waals surface area contributed by atoms with Gasteiger partial charge in [-0.15, -0.1) is 11.3 Å². The number of imidazole rings is 1. The van der Waals surface area contributed by atoms with E-state index in [9.17, 15) is 4.79 Å². The van der Waals surface area contributed by atoms with E-state index in [1.54, 1.807) is 23.9 Å². The zero-order valence-corrected chi connectivity index (χ0v) is 14.3. The van der Waals surface area contributed by atoms with E-state index in [1.165, 1.54) is 30.6 Å². The van der Waals surface area contributed by atoms with Gasteiger partial charge < -0.3 is 15.2 Å². The third kappa shape index (κ3) is 4.34. The molecular formula is C17H24N4OS. The van der Waals surface area contributed by atoms with E-state index in [4.69, 9.17) is 0 Å². The van der Waals surface area contributed by atoms with E-state index >= 15 is 0 Å². The number of urea groups is 1. The lowest BCUT2D eigenvalue weighted by atomic mass is 9.97. The minimum absolute atomic E-state index is 0.0526. The summed E-state index contributed by atoms with van der Waals surface area (Å²) in [5.41, 5.74) is 0. The Labute approximate surface area is 141 Å². The molecule has 3 rings (SSSR count). The van der Waals surface area contributed by atoms with Crippen LogP contribution in [0.1, 0.15) is 43.5 Å². The molecular weight excluding hydrogens is 308 g/mol.